The quantitative estimate of drug-likeness (QED) is 0.707. The van der Waals surface area contributed by atoms with Gasteiger partial charge in [0.15, 0.2) is 0 Å². The molecule has 2 rings (SSSR count). The molecule has 0 radical (unpaired) electrons. The standard InChI is InChI=1S/C14H25N3O3/c18-12-6-3-9-17(10-12)14(20)15-8-7-13(19)16-11-4-1-2-5-11/h11-12,18H,1-10H2,(H,15,20)(H,16,19). The topological polar surface area (TPSA) is 81.7 Å². The number of likely N-dealkylation sites (tertiary alicyclic amines) is 1. The second-order valence-corrected chi connectivity index (χ2v) is 5.77. The van der Waals surface area contributed by atoms with Crippen LogP contribution in [0.5, 0.6) is 0 Å². The highest BCUT2D eigenvalue weighted by molar-refractivity contribution is 5.78. The number of hydrogen-bond donors (Lipinski definition) is 3. The SMILES string of the molecule is O=C(CCNC(=O)N1CCCC(O)C1)NC1CCCC1. The summed E-state index contributed by atoms with van der Waals surface area (Å²) >= 11 is 0. The fourth-order valence-corrected chi connectivity index (χ4v) is 2.90. The van der Waals surface area contributed by atoms with Crippen molar-refractivity contribution in [2.75, 3.05) is 19.6 Å². The van der Waals surface area contributed by atoms with Crippen molar-refractivity contribution < 1.29 is 14.7 Å². The zero-order chi connectivity index (χ0) is 14.4. The van der Waals surface area contributed by atoms with Gasteiger partial charge < -0.3 is 20.6 Å². The van der Waals surface area contributed by atoms with E-state index in [2.05, 4.69) is 10.6 Å². The number of nitrogens with zero attached hydrogens (tertiary/aromatic N) is 1. The predicted octanol–water partition coefficient (Wildman–Crippen LogP) is 0.602. The molecule has 3 N–H and O–H groups in total. The molecule has 2 aliphatic rings. The minimum Gasteiger partial charge on any atom is -0.391 e. The summed E-state index contributed by atoms with van der Waals surface area (Å²) < 4.78 is 0. The lowest BCUT2D eigenvalue weighted by atomic mass is 10.1. The average molecular weight is 283 g/mol. The molecule has 1 atom stereocenters. The summed E-state index contributed by atoms with van der Waals surface area (Å²) in [7, 11) is 0. The second-order valence-electron chi connectivity index (χ2n) is 5.77. The Bertz CT molecular complexity index is 343. The molecule has 1 aliphatic heterocycles. The Morgan fingerprint density at radius 3 is 2.60 bits per heavy atom. The van der Waals surface area contributed by atoms with Crippen molar-refractivity contribution >= 4 is 11.9 Å². The molecule has 1 unspecified atom stereocenters. The molecule has 6 heteroatoms. The van der Waals surface area contributed by atoms with Gasteiger partial charge in [-0.2, -0.15) is 0 Å². The highest BCUT2D eigenvalue weighted by Gasteiger charge is 2.22. The first-order chi connectivity index (χ1) is 9.65. The maximum Gasteiger partial charge on any atom is 0.317 e. The van der Waals surface area contributed by atoms with Gasteiger partial charge in [-0.25, -0.2) is 4.79 Å². The van der Waals surface area contributed by atoms with Gasteiger partial charge in [0.1, 0.15) is 0 Å². The summed E-state index contributed by atoms with van der Waals surface area (Å²) in [5.74, 6) is 0.0101. The summed E-state index contributed by atoms with van der Waals surface area (Å²) in [5.41, 5.74) is 0. The van der Waals surface area contributed by atoms with Crippen LogP contribution >= 0.6 is 0 Å². The van der Waals surface area contributed by atoms with Crippen LogP contribution in [0, 0.1) is 0 Å². The van der Waals surface area contributed by atoms with E-state index in [9.17, 15) is 14.7 Å². The normalized spacial score (nSPS) is 23.6. The van der Waals surface area contributed by atoms with Crippen molar-refractivity contribution in [1.29, 1.82) is 0 Å². The number of aliphatic hydroxyl groups excluding tert-OH is 1. The Kier molecular flexibility index (Phi) is 5.64. The number of rotatable bonds is 4. The van der Waals surface area contributed by atoms with Crippen LogP contribution in [-0.2, 0) is 4.79 Å². The van der Waals surface area contributed by atoms with Crippen LogP contribution in [0.3, 0.4) is 0 Å². The van der Waals surface area contributed by atoms with Gasteiger partial charge in [-0.15, -0.1) is 0 Å². The predicted molar refractivity (Wildman–Crippen MR) is 75.2 cm³/mol. The van der Waals surface area contributed by atoms with Crippen molar-refractivity contribution in [3.05, 3.63) is 0 Å². The van der Waals surface area contributed by atoms with Crippen molar-refractivity contribution in [1.82, 2.24) is 15.5 Å². The highest BCUT2D eigenvalue weighted by Crippen LogP contribution is 2.17. The van der Waals surface area contributed by atoms with Crippen LogP contribution in [0.2, 0.25) is 0 Å². The number of nitrogens with one attached hydrogen (secondary N) is 2. The van der Waals surface area contributed by atoms with E-state index < -0.39 is 6.10 Å². The maximum absolute atomic E-state index is 11.8. The number of carbonyl (C=O) groups is 2. The minimum atomic E-state index is -0.417. The first-order valence-electron chi connectivity index (χ1n) is 7.65. The molecule has 1 heterocycles. The van der Waals surface area contributed by atoms with Gasteiger partial charge in [0, 0.05) is 32.1 Å². The number of piperidine rings is 1. The molecule has 3 amide bonds. The van der Waals surface area contributed by atoms with Crippen LogP contribution in [0.25, 0.3) is 0 Å². The van der Waals surface area contributed by atoms with Gasteiger partial charge in [0.05, 0.1) is 6.10 Å². The Labute approximate surface area is 119 Å². The van der Waals surface area contributed by atoms with Crippen molar-refractivity contribution in [3.8, 4) is 0 Å². The van der Waals surface area contributed by atoms with E-state index in [0.717, 1.165) is 25.7 Å². The zero-order valence-corrected chi connectivity index (χ0v) is 11.9. The number of urea groups is 1. The molecule has 20 heavy (non-hydrogen) atoms. The second kappa shape index (κ2) is 7.47. The molecule has 1 aliphatic carbocycles. The molecule has 2 fully saturated rings. The van der Waals surface area contributed by atoms with E-state index >= 15 is 0 Å². The molecule has 0 aromatic rings. The van der Waals surface area contributed by atoms with Gasteiger partial charge in [-0.05, 0) is 25.7 Å². The van der Waals surface area contributed by atoms with Crippen molar-refractivity contribution in [2.24, 2.45) is 0 Å². The number of hydrogen-bond acceptors (Lipinski definition) is 3. The largest absolute Gasteiger partial charge is 0.391 e. The third kappa shape index (κ3) is 4.67. The molecule has 0 bridgehead atoms. The summed E-state index contributed by atoms with van der Waals surface area (Å²) in [6.07, 6.45) is 6.02. The monoisotopic (exact) mass is 283 g/mol. The first-order valence-corrected chi connectivity index (χ1v) is 7.65. The van der Waals surface area contributed by atoms with Crippen molar-refractivity contribution in [3.63, 3.8) is 0 Å². The number of aliphatic hydroxyl groups is 1. The molecule has 1 saturated carbocycles. The van der Waals surface area contributed by atoms with E-state index in [1.807, 2.05) is 0 Å². The van der Waals surface area contributed by atoms with Gasteiger partial charge >= 0.3 is 6.03 Å². The third-order valence-corrected chi connectivity index (χ3v) is 4.03. The molecule has 0 spiro atoms. The first kappa shape index (κ1) is 15.1. The molecular formula is C14H25N3O3. The van der Waals surface area contributed by atoms with E-state index in [1.54, 1.807) is 4.90 Å². The smallest absolute Gasteiger partial charge is 0.317 e. The molecule has 0 aromatic heterocycles. The van der Waals surface area contributed by atoms with Gasteiger partial charge in [0.25, 0.3) is 0 Å². The molecule has 6 nitrogen and oxygen atoms in total. The molecular weight excluding hydrogens is 258 g/mol. The van der Waals surface area contributed by atoms with Gasteiger partial charge in [-0.3, -0.25) is 4.79 Å². The Morgan fingerprint density at radius 2 is 1.90 bits per heavy atom. The van der Waals surface area contributed by atoms with E-state index in [4.69, 9.17) is 0 Å². The Hall–Kier alpha value is -1.30. The summed E-state index contributed by atoms with van der Waals surface area (Å²) in [4.78, 5) is 25.1. The molecule has 0 aromatic carbocycles. The third-order valence-electron chi connectivity index (χ3n) is 4.03. The molecule has 114 valence electrons. The van der Waals surface area contributed by atoms with Crippen LogP contribution in [-0.4, -0.2) is 53.7 Å². The van der Waals surface area contributed by atoms with Crippen LogP contribution in [0.1, 0.15) is 44.9 Å². The lowest BCUT2D eigenvalue weighted by Gasteiger charge is -2.30. The highest BCUT2D eigenvalue weighted by atomic mass is 16.3. The molecule has 1 saturated heterocycles. The summed E-state index contributed by atoms with van der Waals surface area (Å²) in [5, 5.41) is 15.3. The van der Waals surface area contributed by atoms with E-state index in [0.29, 0.717) is 32.1 Å². The van der Waals surface area contributed by atoms with Crippen molar-refractivity contribution in [2.45, 2.75) is 57.1 Å². The maximum atomic E-state index is 11.8. The zero-order valence-electron chi connectivity index (χ0n) is 11.9. The lowest BCUT2D eigenvalue weighted by molar-refractivity contribution is -0.121. The fraction of sp³-hybridized carbons (Fsp3) is 0.857. The fourth-order valence-electron chi connectivity index (χ4n) is 2.90. The number of β-amino-alcohol motifs (C(OH)–C–C–N with tert-alkyl or cyclic N) is 1. The Morgan fingerprint density at radius 1 is 1.15 bits per heavy atom. The average Bonchev–Trinajstić information content (AvgIpc) is 2.91. The summed E-state index contributed by atoms with van der Waals surface area (Å²) in [6, 6.07) is 0.146. The van der Waals surface area contributed by atoms with E-state index in [1.165, 1.54) is 12.8 Å². The van der Waals surface area contributed by atoms with Gasteiger partial charge in [0.2, 0.25) is 5.91 Å². The van der Waals surface area contributed by atoms with Gasteiger partial charge in [-0.1, -0.05) is 12.8 Å². The summed E-state index contributed by atoms with van der Waals surface area (Å²) in [6.45, 7) is 1.42. The lowest BCUT2D eigenvalue weighted by Crippen LogP contribution is -2.47. The van der Waals surface area contributed by atoms with E-state index in [-0.39, 0.29) is 11.9 Å². The Balaban J connectivity index is 1.59. The minimum absolute atomic E-state index is 0.0101. The number of amides is 3. The van der Waals surface area contributed by atoms with Crippen LogP contribution < -0.4 is 10.6 Å². The van der Waals surface area contributed by atoms with Crippen LogP contribution in [0.15, 0.2) is 0 Å². The van der Waals surface area contributed by atoms with Crippen LogP contribution in [0.4, 0.5) is 4.79 Å². The number of carbonyl (C=O) groups excluding carboxylic acids is 2.